The molecule has 0 atom stereocenters. The van der Waals surface area contributed by atoms with Gasteiger partial charge in [-0.2, -0.15) is 0 Å². The number of allylic oxidation sites excluding steroid dienone is 10. The smallest absolute Gasteiger partial charge is 0.173 e. The van der Waals surface area contributed by atoms with E-state index in [2.05, 4.69) is 12.2 Å². The van der Waals surface area contributed by atoms with Crippen LogP contribution in [0.3, 0.4) is 0 Å². The first-order valence-corrected chi connectivity index (χ1v) is 9.74. The van der Waals surface area contributed by atoms with E-state index in [9.17, 15) is 0 Å². The monoisotopic (exact) mass is 382 g/mol. The van der Waals surface area contributed by atoms with E-state index in [1.54, 1.807) is 36.9 Å². The molecule has 2 aromatic rings. The molecule has 0 saturated carbocycles. The van der Waals surface area contributed by atoms with E-state index in [-0.39, 0.29) is 0 Å². The van der Waals surface area contributed by atoms with E-state index in [1.807, 2.05) is 85.0 Å². The van der Waals surface area contributed by atoms with Crippen LogP contribution >= 0.6 is 22.7 Å². The summed E-state index contributed by atoms with van der Waals surface area (Å²) in [5, 5.41) is 1.85. The zero-order chi connectivity index (χ0) is 18.5. The summed E-state index contributed by atoms with van der Waals surface area (Å²) in [7, 11) is 3.37. The molecule has 0 amide bonds. The summed E-state index contributed by atoms with van der Waals surface area (Å²) >= 11 is 3.25. The van der Waals surface area contributed by atoms with Crippen molar-refractivity contribution in [2.24, 2.45) is 0 Å². The van der Waals surface area contributed by atoms with Gasteiger partial charge in [0.25, 0.3) is 0 Å². The average molecular weight is 383 g/mol. The number of methoxy groups -OCH3 is 2. The molecule has 0 aromatic carbocycles. The van der Waals surface area contributed by atoms with Crippen LogP contribution in [0.4, 0.5) is 0 Å². The van der Waals surface area contributed by atoms with Gasteiger partial charge >= 0.3 is 0 Å². The predicted octanol–water partition coefficient (Wildman–Crippen LogP) is 6.78. The molecule has 0 aliphatic rings. The maximum absolute atomic E-state index is 5.16. The highest BCUT2D eigenvalue weighted by atomic mass is 32.1. The first kappa shape index (κ1) is 19.8. The summed E-state index contributed by atoms with van der Waals surface area (Å²) in [5.41, 5.74) is 0. The summed E-state index contributed by atoms with van der Waals surface area (Å²) in [6.07, 6.45) is 24.2. The third-order valence-electron chi connectivity index (χ3n) is 3.13. The Kier molecular flexibility index (Phi) is 9.05. The molecule has 0 N–H and O–H groups in total. The molecule has 4 heteroatoms. The Bertz CT molecular complexity index is 760. The molecular weight excluding hydrogens is 360 g/mol. The minimum atomic E-state index is 0.927. The Morgan fingerprint density at radius 1 is 0.538 bits per heavy atom. The van der Waals surface area contributed by atoms with Crippen LogP contribution in [-0.2, 0) is 0 Å². The van der Waals surface area contributed by atoms with Gasteiger partial charge < -0.3 is 9.47 Å². The standard InChI is InChI=1S/C22H22O2S2/c1-23-21-17-15-19(25-21)13-11-9-7-5-3-4-6-8-10-12-14-20-16-18-22(24-2)26-20/h3-18H,1-2H3/b5-3+,6-4+,9-7+,10-8+,13-11+,14-12+. The lowest BCUT2D eigenvalue weighted by Gasteiger charge is -1.88. The maximum Gasteiger partial charge on any atom is 0.173 e. The van der Waals surface area contributed by atoms with Gasteiger partial charge in [0.15, 0.2) is 10.1 Å². The molecule has 134 valence electrons. The van der Waals surface area contributed by atoms with Gasteiger partial charge in [-0.05, 0) is 36.4 Å². The van der Waals surface area contributed by atoms with Crippen LogP contribution in [0.2, 0.25) is 0 Å². The van der Waals surface area contributed by atoms with Crippen LogP contribution in [-0.4, -0.2) is 14.2 Å². The zero-order valence-corrected chi connectivity index (χ0v) is 16.5. The molecule has 0 fully saturated rings. The summed E-state index contributed by atoms with van der Waals surface area (Å²) < 4.78 is 10.3. The van der Waals surface area contributed by atoms with Gasteiger partial charge in [0, 0.05) is 9.75 Å². The van der Waals surface area contributed by atoms with Gasteiger partial charge in [0.2, 0.25) is 0 Å². The second kappa shape index (κ2) is 11.9. The van der Waals surface area contributed by atoms with E-state index in [4.69, 9.17) is 9.47 Å². The first-order valence-electron chi connectivity index (χ1n) is 8.11. The second-order valence-corrected chi connectivity index (χ2v) is 7.14. The normalized spacial score (nSPS) is 12.8. The highest BCUT2D eigenvalue weighted by molar-refractivity contribution is 7.15. The minimum absolute atomic E-state index is 0.927. The number of rotatable bonds is 9. The molecule has 2 heterocycles. The van der Waals surface area contributed by atoms with Crippen molar-refractivity contribution in [1.82, 2.24) is 0 Å². The molecule has 0 radical (unpaired) electrons. The van der Waals surface area contributed by atoms with E-state index < -0.39 is 0 Å². The van der Waals surface area contributed by atoms with E-state index in [0.29, 0.717) is 0 Å². The van der Waals surface area contributed by atoms with Gasteiger partial charge in [-0.3, -0.25) is 0 Å². The molecule has 2 aromatic heterocycles. The second-order valence-electron chi connectivity index (χ2n) is 4.98. The molecule has 0 saturated heterocycles. The van der Waals surface area contributed by atoms with Crippen molar-refractivity contribution in [3.63, 3.8) is 0 Å². The molecule has 0 bridgehead atoms. The SMILES string of the molecule is COc1ccc(/C=C/C=C/C=C/C=C/C=C/C=C/c2ccc(OC)s2)s1. The summed E-state index contributed by atoms with van der Waals surface area (Å²) in [4.78, 5) is 2.35. The summed E-state index contributed by atoms with van der Waals surface area (Å²) in [6, 6.07) is 8.03. The van der Waals surface area contributed by atoms with E-state index in [1.165, 1.54) is 9.75 Å². The lowest BCUT2D eigenvalue weighted by molar-refractivity contribution is 0.427. The quantitative estimate of drug-likeness (QED) is 0.445. The van der Waals surface area contributed by atoms with Crippen LogP contribution in [0.15, 0.2) is 85.0 Å². The Labute approximate surface area is 163 Å². The largest absolute Gasteiger partial charge is 0.487 e. The fraction of sp³-hybridized carbons (Fsp3) is 0.0909. The van der Waals surface area contributed by atoms with Gasteiger partial charge in [0.1, 0.15) is 0 Å². The lowest BCUT2D eigenvalue weighted by Crippen LogP contribution is -1.73. The third kappa shape index (κ3) is 7.55. The fourth-order valence-corrected chi connectivity index (χ4v) is 3.35. The first-order chi connectivity index (χ1) is 12.8. The molecule has 0 aliphatic heterocycles. The van der Waals surface area contributed by atoms with Gasteiger partial charge in [0.05, 0.1) is 14.2 Å². The van der Waals surface area contributed by atoms with Crippen LogP contribution in [0.1, 0.15) is 9.75 Å². The van der Waals surface area contributed by atoms with Crippen LogP contribution in [0, 0.1) is 0 Å². The van der Waals surface area contributed by atoms with E-state index >= 15 is 0 Å². The molecule has 2 nitrogen and oxygen atoms in total. The van der Waals surface area contributed by atoms with Crippen molar-refractivity contribution < 1.29 is 9.47 Å². The lowest BCUT2D eigenvalue weighted by atomic mass is 10.3. The number of hydrogen-bond acceptors (Lipinski definition) is 4. The third-order valence-corrected chi connectivity index (χ3v) is 5.15. The highest BCUT2D eigenvalue weighted by Crippen LogP contribution is 2.25. The Morgan fingerprint density at radius 3 is 1.19 bits per heavy atom. The van der Waals surface area contributed by atoms with Gasteiger partial charge in [-0.15, -0.1) is 0 Å². The highest BCUT2D eigenvalue weighted by Gasteiger charge is 1.94. The summed E-state index contributed by atoms with van der Waals surface area (Å²) in [6.45, 7) is 0. The van der Waals surface area contributed by atoms with Crippen molar-refractivity contribution in [3.8, 4) is 10.1 Å². The van der Waals surface area contributed by atoms with Gasteiger partial charge in [-0.25, -0.2) is 0 Å². The Morgan fingerprint density at radius 2 is 0.885 bits per heavy atom. The summed E-state index contributed by atoms with van der Waals surface area (Å²) in [5.74, 6) is 0. The minimum Gasteiger partial charge on any atom is -0.487 e. The number of thiophene rings is 2. The van der Waals surface area contributed by atoms with E-state index in [0.717, 1.165) is 10.1 Å². The molecule has 2 rings (SSSR count). The number of hydrogen-bond donors (Lipinski definition) is 0. The van der Waals surface area contributed by atoms with Crippen LogP contribution < -0.4 is 9.47 Å². The van der Waals surface area contributed by atoms with Crippen molar-refractivity contribution >= 4 is 34.8 Å². The van der Waals surface area contributed by atoms with Crippen molar-refractivity contribution in [3.05, 3.63) is 94.8 Å². The predicted molar refractivity (Wildman–Crippen MR) is 116 cm³/mol. The molecule has 0 unspecified atom stereocenters. The number of ether oxygens (including phenoxy) is 2. The van der Waals surface area contributed by atoms with Crippen LogP contribution in [0.5, 0.6) is 10.1 Å². The average Bonchev–Trinajstić information content (AvgIpc) is 3.31. The molecular formula is C22H22O2S2. The van der Waals surface area contributed by atoms with Crippen molar-refractivity contribution in [2.45, 2.75) is 0 Å². The fourth-order valence-electron chi connectivity index (χ4n) is 1.88. The molecule has 26 heavy (non-hydrogen) atoms. The molecule has 0 spiro atoms. The van der Waals surface area contributed by atoms with Crippen molar-refractivity contribution in [1.29, 1.82) is 0 Å². The zero-order valence-electron chi connectivity index (χ0n) is 14.9. The molecule has 0 aliphatic carbocycles. The van der Waals surface area contributed by atoms with Crippen molar-refractivity contribution in [2.75, 3.05) is 14.2 Å². The maximum atomic E-state index is 5.16. The topological polar surface area (TPSA) is 18.5 Å². The Hall–Kier alpha value is -2.56. The Balaban J connectivity index is 1.67. The van der Waals surface area contributed by atoms with Crippen LogP contribution in [0.25, 0.3) is 12.2 Å². The van der Waals surface area contributed by atoms with Gasteiger partial charge in [-0.1, -0.05) is 83.4 Å².